The number of hydrogen-bond acceptors (Lipinski definition) is 2. The lowest BCUT2D eigenvalue weighted by Gasteiger charge is -2.15. The molecule has 0 saturated heterocycles. The van der Waals surface area contributed by atoms with Crippen molar-refractivity contribution in [3.05, 3.63) is 83.2 Å². The molecular weight excluding hydrogens is 348 g/mol. The fraction of sp³-hybridized carbons (Fsp3) is 0.304. The Labute approximate surface area is 166 Å². The third kappa shape index (κ3) is 5.71. The largest absolute Gasteiger partial charge is 0.335 e. The summed E-state index contributed by atoms with van der Waals surface area (Å²) < 4.78 is 1.97. The molecule has 2 N–H and O–H groups in total. The van der Waals surface area contributed by atoms with Crippen LogP contribution in [-0.4, -0.2) is 21.9 Å². The van der Waals surface area contributed by atoms with Gasteiger partial charge in [-0.15, -0.1) is 0 Å². The summed E-state index contributed by atoms with van der Waals surface area (Å²) in [4.78, 5) is 12.3. The maximum absolute atomic E-state index is 12.3. The molecule has 3 rings (SSSR count). The molecule has 0 fully saturated rings. The second-order valence-corrected chi connectivity index (χ2v) is 7.31. The molecule has 28 heavy (non-hydrogen) atoms. The number of carbonyl (C=O) groups excluding carboxylic acids is 1. The minimum Gasteiger partial charge on any atom is -0.335 e. The average molecular weight is 377 g/mol. The quantitative estimate of drug-likeness (QED) is 0.628. The van der Waals surface area contributed by atoms with E-state index in [0.29, 0.717) is 6.54 Å². The molecule has 5 heteroatoms. The van der Waals surface area contributed by atoms with Crippen molar-refractivity contribution in [3.8, 4) is 0 Å². The van der Waals surface area contributed by atoms with Gasteiger partial charge in [0.05, 0.1) is 12.2 Å². The first-order valence-corrected chi connectivity index (χ1v) is 9.71. The van der Waals surface area contributed by atoms with Gasteiger partial charge in [-0.25, -0.2) is 4.79 Å². The molecule has 0 bridgehead atoms. The van der Waals surface area contributed by atoms with Crippen molar-refractivity contribution >= 4 is 11.7 Å². The lowest BCUT2D eigenvalue weighted by Crippen LogP contribution is -2.36. The van der Waals surface area contributed by atoms with Crippen molar-refractivity contribution in [1.29, 1.82) is 0 Å². The maximum atomic E-state index is 12.3. The molecule has 5 nitrogen and oxygen atoms in total. The van der Waals surface area contributed by atoms with Gasteiger partial charge < -0.3 is 10.6 Å². The van der Waals surface area contributed by atoms with Crippen LogP contribution >= 0.6 is 0 Å². The Balaban J connectivity index is 1.51. The van der Waals surface area contributed by atoms with E-state index in [1.54, 1.807) is 0 Å². The van der Waals surface area contributed by atoms with Crippen LogP contribution in [0.5, 0.6) is 0 Å². The van der Waals surface area contributed by atoms with Crippen LogP contribution in [0.1, 0.15) is 35.9 Å². The highest BCUT2D eigenvalue weighted by atomic mass is 16.2. The average Bonchev–Trinajstić information content (AvgIpc) is 2.98. The van der Waals surface area contributed by atoms with Gasteiger partial charge in [-0.05, 0) is 62.9 Å². The number of urea groups is 1. The number of carbonyl (C=O) groups is 1. The zero-order chi connectivity index (χ0) is 19.9. The molecule has 1 heterocycles. The van der Waals surface area contributed by atoms with Crippen LogP contribution < -0.4 is 10.6 Å². The number of anilines is 1. The van der Waals surface area contributed by atoms with Gasteiger partial charge in [0.25, 0.3) is 0 Å². The fourth-order valence-corrected chi connectivity index (χ4v) is 3.25. The van der Waals surface area contributed by atoms with E-state index < -0.39 is 0 Å². The van der Waals surface area contributed by atoms with E-state index in [4.69, 9.17) is 0 Å². The van der Waals surface area contributed by atoms with Crippen LogP contribution in [0.2, 0.25) is 0 Å². The predicted octanol–water partition coefficient (Wildman–Crippen LogP) is 4.69. The third-order valence-electron chi connectivity index (χ3n) is 4.71. The number of amides is 2. The molecule has 1 unspecified atom stereocenters. The summed E-state index contributed by atoms with van der Waals surface area (Å²) in [6.07, 6.45) is 1.84. The molecule has 3 aromatic rings. The highest BCUT2D eigenvalue weighted by Gasteiger charge is 2.09. The molecule has 0 aliphatic carbocycles. The SMILES string of the molecule is Cc1cc(C)n(Cc2cccc(NC(=O)NC(C)CCc3ccccc3)c2)n1. The Bertz CT molecular complexity index is 917. The van der Waals surface area contributed by atoms with E-state index in [9.17, 15) is 4.79 Å². The summed E-state index contributed by atoms with van der Waals surface area (Å²) in [7, 11) is 0. The van der Waals surface area contributed by atoms with Crippen LogP contribution in [0.25, 0.3) is 0 Å². The zero-order valence-corrected chi connectivity index (χ0v) is 16.8. The van der Waals surface area contributed by atoms with E-state index in [-0.39, 0.29) is 12.1 Å². The smallest absolute Gasteiger partial charge is 0.319 e. The van der Waals surface area contributed by atoms with Crippen LogP contribution in [0.4, 0.5) is 10.5 Å². The normalized spacial score (nSPS) is 11.8. The molecular formula is C23H28N4O. The number of benzene rings is 2. The first-order valence-electron chi connectivity index (χ1n) is 9.71. The predicted molar refractivity (Wildman–Crippen MR) is 114 cm³/mol. The maximum Gasteiger partial charge on any atom is 0.319 e. The van der Waals surface area contributed by atoms with Gasteiger partial charge in [0.2, 0.25) is 0 Å². The Morgan fingerprint density at radius 1 is 1.04 bits per heavy atom. The van der Waals surface area contributed by atoms with Crippen molar-refractivity contribution in [2.45, 2.75) is 46.2 Å². The van der Waals surface area contributed by atoms with Crippen molar-refractivity contribution < 1.29 is 4.79 Å². The van der Waals surface area contributed by atoms with Gasteiger partial charge in [0, 0.05) is 17.4 Å². The lowest BCUT2D eigenvalue weighted by atomic mass is 10.1. The number of nitrogens with one attached hydrogen (secondary N) is 2. The molecule has 0 spiro atoms. The third-order valence-corrected chi connectivity index (χ3v) is 4.71. The molecule has 1 aromatic heterocycles. The van der Waals surface area contributed by atoms with Gasteiger partial charge in [0.1, 0.15) is 0 Å². The number of aromatic nitrogens is 2. The van der Waals surface area contributed by atoms with E-state index in [1.807, 2.05) is 67.9 Å². The summed E-state index contributed by atoms with van der Waals surface area (Å²) in [5.41, 5.74) is 5.30. The lowest BCUT2D eigenvalue weighted by molar-refractivity contribution is 0.248. The van der Waals surface area contributed by atoms with E-state index in [0.717, 1.165) is 35.5 Å². The Hall–Kier alpha value is -3.08. The number of rotatable bonds is 7. The summed E-state index contributed by atoms with van der Waals surface area (Å²) in [5.74, 6) is 0. The van der Waals surface area contributed by atoms with Crippen LogP contribution in [0.3, 0.4) is 0 Å². The number of nitrogens with zero attached hydrogens (tertiary/aromatic N) is 2. The Kier molecular flexibility index (Phi) is 6.48. The van der Waals surface area contributed by atoms with Crippen molar-refractivity contribution in [2.75, 3.05) is 5.32 Å². The molecule has 2 amide bonds. The Morgan fingerprint density at radius 3 is 2.50 bits per heavy atom. The first-order chi connectivity index (χ1) is 13.5. The fourth-order valence-electron chi connectivity index (χ4n) is 3.25. The molecule has 0 aliphatic heterocycles. The second-order valence-electron chi connectivity index (χ2n) is 7.31. The topological polar surface area (TPSA) is 59.0 Å². The monoisotopic (exact) mass is 376 g/mol. The van der Waals surface area contributed by atoms with Crippen molar-refractivity contribution in [1.82, 2.24) is 15.1 Å². The van der Waals surface area contributed by atoms with E-state index >= 15 is 0 Å². The summed E-state index contributed by atoms with van der Waals surface area (Å²) in [5, 5.41) is 10.4. The van der Waals surface area contributed by atoms with E-state index in [1.165, 1.54) is 5.56 Å². The van der Waals surface area contributed by atoms with Crippen LogP contribution in [0, 0.1) is 13.8 Å². The van der Waals surface area contributed by atoms with Gasteiger partial charge in [-0.2, -0.15) is 5.10 Å². The second kappa shape index (κ2) is 9.22. The number of hydrogen-bond donors (Lipinski definition) is 2. The van der Waals surface area contributed by atoms with Crippen LogP contribution in [0.15, 0.2) is 60.7 Å². The molecule has 0 radical (unpaired) electrons. The van der Waals surface area contributed by atoms with Gasteiger partial charge in [-0.1, -0.05) is 42.5 Å². The molecule has 1 atom stereocenters. The molecule has 0 aliphatic rings. The van der Waals surface area contributed by atoms with Crippen molar-refractivity contribution in [2.24, 2.45) is 0 Å². The van der Waals surface area contributed by atoms with Gasteiger partial charge in [-0.3, -0.25) is 4.68 Å². The Morgan fingerprint density at radius 2 is 1.79 bits per heavy atom. The van der Waals surface area contributed by atoms with E-state index in [2.05, 4.69) is 33.9 Å². The van der Waals surface area contributed by atoms with Crippen LogP contribution in [-0.2, 0) is 13.0 Å². The minimum atomic E-state index is -0.177. The molecule has 2 aromatic carbocycles. The summed E-state index contributed by atoms with van der Waals surface area (Å²) in [6, 6.07) is 20.2. The first kappa shape index (κ1) is 19.7. The highest BCUT2D eigenvalue weighted by molar-refractivity contribution is 5.89. The zero-order valence-electron chi connectivity index (χ0n) is 16.8. The van der Waals surface area contributed by atoms with Gasteiger partial charge >= 0.3 is 6.03 Å². The minimum absolute atomic E-state index is 0.0955. The van der Waals surface area contributed by atoms with Gasteiger partial charge in [0.15, 0.2) is 0 Å². The molecule has 146 valence electrons. The highest BCUT2D eigenvalue weighted by Crippen LogP contribution is 2.13. The standard InChI is InChI=1S/C23H28N4O/c1-17(12-13-20-8-5-4-6-9-20)24-23(28)25-22-11-7-10-21(15-22)16-27-19(3)14-18(2)26-27/h4-11,14-15,17H,12-13,16H2,1-3H3,(H2,24,25,28). The summed E-state index contributed by atoms with van der Waals surface area (Å²) >= 11 is 0. The van der Waals surface area contributed by atoms with Crippen molar-refractivity contribution in [3.63, 3.8) is 0 Å². The number of aryl methyl sites for hydroxylation is 3. The molecule has 0 saturated carbocycles. The summed E-state index contributed by atoms with van der Waals surface area (Å²) in [6.45, 7) is 6.75.